The molecule has 0 aliphatic carbocycles. The molecule has 2 fully saturated rings. The maximum Gasteiger partial charge on any atom is 0.324 e. The maximum absolute atomic E-state index is 11.6. The lowest BCUT2D eigenvalue weighted by atomic mass is 10.0. The van der Waals surface area contributed by atoms with E-state index in [1.807, 2.05) is 6.07 Å². The first-order valence-corrected chi connectivity index (χ1v) is 9.03. The van der Waals surface area contributed by atoms with E-state index in [9.17, 15) is 9.59 Å². The average molecular weight is 358 g/mol. The van der Waals surface area contributed by atoms with Gasteiger partial charge in [0, 0.05) is 45.0 Å². The summed E-state index contributed by atoms with van der Waals surface area (Å²) in [5, 5.41) is 9.13. The van der Waals surface area contributed by atoms with E-state index in [-0.39, 0.29) is 18.5 Å². The van der Waals surface area contributed by atoms with E-state index in [1.54, 1.807) is 7.05 Å². The molecule has 1 aromatic carbocycles. The van der Waals surface area contributed by atoms with Gasteiger partial charge in [0.05, 0.1) is 6.54 Å². The highest BCUT2D eigenvalue weighted by Gasteiger charge is 2.27. The Labute approximate surface area is 153 Å². The molecule has 0 aromatic heterocycles. The van der Waals surface area contributed by atoms with Gasteiger partial charge in [-0.25, -0.2) is 4.79 Å². The number of amides is 3. The summed E-state index contributed by atoms with van der Waals surface area (Å²) >= 11 is 0. The second-order valence-corrected chi connectivity index (χ2v) is 6.44. The van der Waals surface area contributed by atoms with Gasteiger partial charge in [-0.05, 0) is 25.0 Å². The third-order valence-electron chi connectivity index (χ3n) is 4.75. The van der Waals surface area contributed by atoms with Crippen molar-refractivity contribution < 1.29 is 9.59 Å². The highest BCUT2D eigenvalue weighted by atomic mass is 16.2. The number of hydrogen-bond acceptors (Lipinski definition) is 4. The Morgan fingerprint density at radius 1 is 1.23 bits per heavy atom. The van der Waals surface area contributed by atoms with E-state index in [0.717, 1.165) is 25.9 Å². The number of anilines is 1. The molecule has 8 heteroatoms. The third-order valence-corrected chi connectivity index (χ3v) is 4.75. The van der Waals surface area contributed by atoms with Crippen molar-refractivity contribution in [3.8, 4) is 0 Å². The van der Waals surface area contributed by atoms with Crippen LogP contribution in [-0.2, 0) is 4.79 Å². The molecule has 2 aliphatic heterocycles. The van der Waals surface area contributed by atoms with Gasteiger partial charge in [0.2, 0.25) is 5.91 Å². The van der Waals surface area contributed by atoms with Crippen molar-refractivity contribution in [2.75, 3.05) is 44.7 Å². The Morgan fingerprint density at radius 3 is 2.58 bits per heavy atom. The average Bonchev–Trinajstić information content (AvgIpc) is 3.00. The fraction of sp³-hybridized carbons (Fsp3) is 0.500. The largest absolute Gasteiger partial charge is 0.371 e. The van der Waals surface area contributed by atoms with Crippen molar-refractivity contribution in [3.63, 3.8) is 0 Å². The molecule has 0 atom stereocenters. The van der Waals surface area contributed by atoms with E-state index >= 15 is 0 Å². The number of guanidine groups is 1. The van der Waals surface area contributed by atoms with Crippen molar-refractivity contribution >= 4 is 23.6 Å². The molecule has 0 bridgehead atoms. The van der Waals surface area contributed by atoms with Crippen LogP contribution in [0.2, 0.25) is 0 Å². The van der Waals surface area contributed by atoms with Crippen molar-refractivity contribution in [2.24, 2.45) is 4.99 Å². The lowest BCUT2D eigenvalue weighted by molar-refractivity contribution is -0.124. The molecule has 0 spiro atoms. The zero-order valence-electron chi connectivity index (χ0n) is 15.1. The van der Waals surface area contributed by atoms with Crippen LogP contribution in [-0.4, -0.2) is 68.6 Å². The molecule has 0 radical (unpaired) electrons. The quantitative estimate of drug-likeness (QED) is 0.402. The number of nitrogens with one attached hydrogen (secondary N) is 3. The second-order valence-electron chi connectivity index (χ2n) is 6.44. The molecular formula is C18H26N6O2. The summed E-state index contributed by atoms with van der Waals surface area (Å²) in [5.74, 6) is 0.517. The summed E-state index contributed by atoms with van der Waals surface area (Å²) in [7, 11) is 1.72. The number of carbonyl (C=O) groups excluding carboxylic acids is 2. The SMILES string of the molecule is CN=C(NCCN1C(=O)CNC1=O)NC1CCN(c2ccccc2)CC1. The molecule has 2 heterocycles. The first-order valence-electron chi connectivity index (χ1n) is 9.03. The molecule has 0 saturated carbocycles. The monoisotopic (exact) mass is 358 g/mol. The molecule has 3 rings (SSSR count). The second kappa shape index (κ2) is 8.55. The van der Waals surface area contributed by atoms with Crippen LogP contribution in [0.3, 0.4) is 0 Å². The van der Waals surface area contributed by atoms with Crippen molar-refractivity contribution in [1.29, 1.82) is 0 Å². The topological polar surface area (TPSA) is 89.1 Å². The number of carbonyl (C=O) groups is 2. The summed E-state index contributed by atoms with van der Waals surface area (Å²) in [5.41, 5.74) is 1.27. The summed E-state index contributed by atoms with van der Waals surface area (Å²) in [6.07, 6.45) is 2.06. The van der Waals surface area contributed by atoms with Gasteiger partial charge >= 0.3 is 6.03 Å². The predicted molar refractivity (Wildman–Crippen MR) is 101 cm³/mol. The smallest absolute Gasteiger partial charge is 0.324 e. The molecule has 8 nitrogen and oxygen atoms in total. The zero-order valence-corrected chi connectivity index (χ0v) is 15.1. The number of para-hydroxylation sites is 1. The summed E-state index contributed by atoms with van der Waals surface area (Å²) in [4.78, 5) is 30.9. The minimum absolute atomic E-state index is 0.0891. The molecule has 26 heavy (non-hydrogen) atoms. The number of aliphatic imine (C=N–C) groups is 1. The van der Waals surface area contributed by atoms with Crippen molar-refractivity contribution in [2.45, 2.75) is 18.9 Å². The van der Waals surface area contributed by atoms with E-state index in [1.165, 1.54) is 10.6 Å². The number of piperidine rings is 1. The number of rotatable bonds is 5. The number of hydrogen-bond donors (Lipinski definition) is 3. The number of nitrogens with zero attached hydrogens (tertiary/aromatic N) is 3. The van der Waals surface area contributed by atoms with Crippen LogP contribution in [0.5, 0.6) is 0 Å². The first-order chi connectivity index (χ1) is 12.7. The van der Waals surface area contributed by atoms with Crippen molar-refractivity contribution in [1.82, 2.24) is 20.9 Å². The van der Waals surface area contributed by atoms with Crippen LogP contribution in [0.25, 0.3) is 0 Å². The van der Waals surface area contributed by atoms with E-state index in [4.69, 9.17) is 0 Å². The fourth-order valence-corrected chi connectivity index (χ4v) is 3.28. The van der Waals surface area contributed by atoms with Gasteiger partial charge in [0.15, 0.2) is 5.96 Å². The third kappa shape index (κ3) is 4.44. The van der Waals surface area contributed by atoms with Gasteiger partial charge < -0.3 is 20.9 Å². The molecule has 2 saturated heterocycles. The lowest BCUT2D eigenvalue weighted by Crippen LogP contribution is -2.50. The van der Waals surface area contributed by atoms with Crippen LogP contribution < -0.4 is 20.9 Å². The highest BCUT2D eigenvalue weighted by molar-refractivity contribution is 6.01. The first kappa shape index (κ1) is 18.0. The minimum atomic E-state index is -0.326. The standard InChI is InChI=1S/C18H26N6O2/c1-19-17(20-9-12-24-16(25)13-21-18(24)26)22-14-7-10-23(11-8-14)15-5-3-2-4-6-15/h2-6,14H,7-13H2,1H3,(H,21,26)(H2,19,20,22). The summed E-state index contributed by atoms with van der Waals surface area (Å²) < 4.78 is 0. The van der Waals surface area contributed by atoms with Gasteiger partial charge in [-0.3, -0.25) is 14.7 Å². The Morgan fingerprint density at radius 2 is 1.96 bits per heavy atom. The van der Waals surface area contributed by atoms with Crippen LogP contribution in [0, 0.1) is 0 Å². The van der Waals surface area contributed by atoms with E-state index < -0.39 is 0 Å². The zero-order chi connectivity index (χ0) is 18.4. The van der Waals surface area contributed by atoms with E-state index in [0.29, 0.717) is 25.1 Å². The minimum Gasteiger partial charge on any atom is -0.371 e. The number of urea groups is 1. The van der Waals surface area contributed by atoms with Crippen LogP contribution in [0.15, 0.2) is 35.3 Å². The summed E-state index contributed by atoms with van der Waals surface area (Å²) in [6, 6.07) is 10.5. The van der Waals surface area contributed by atoms with Crippen LogP contribution in [0.4, 0.5) is 10.5 Å². The van der Waals surface area contributed by atoms with Gasteiger partial charge in [-0.1, -0.05) is 18.2 Å². The molecule has 140 valence electrons. The van der Waals surface area contributed by atoms with E-state index in [2.05, 4.69) is 50.1 Å². The Kier molecular flexibility index (Phi) is 5.93. The maximum atomic E-state index is 11.6. The Bertz CT molecular complexity index is 639. The molecular weight excluding hydrogens is 332 g/mol. The highest BCUT2D eigenvalue weighted by Crippen LogP contribution is 2.19. The lowest BCUT2D eigenvalue weighted by Gasteiger charge is -2.34. The van der Waals surface area contributed by atoms with Gasteiger partial charge in [0.25, 0.3) is 0 Å². The van der Waals surface area contributed by atoms with Crippen LogP contribution in [0.1, 0.15) is 12.8 Å². The molecule has 3 N–H and O–H groups in total. The van der Waals surface area contributed by atoms with Crippen LogP contribution >= 0.6 is 0 Å². The fourth-order valence-electron chi connectivity index (χ4n) is 3.28. The molecule has 3 amide bonds. The number of imide groups is 1. The van der Waals surface area contributed by atoms with Gasteiger partial charge in [-0.15, -0.1) is 0 Å². The molecule has 2 aliphatic rings. The summed E-state index contributed by atoms with van der Waals surface area (Å²) in [6.45, 7) is 2.90. The normalized spacial score (nSPS) is 18.9. The van der Waals surface area contributed by atoms with Crippen molar-refractivity contribution in [3.05, 3.63) is 30.3 Å². The Hall–Kier alpha value is -2.77. The predicted octanol–water partition coefficient (Wildman–Crippen LogP) is 0.372. The molecule has 0 unspecified atom stereocenters. The molecule has 1 aromatic rings. The number of benzene rings is 1. The Balaban J connectivity index is 1.40. The van der Waals surface area contributed by atoms with Gasteiger partial charge in [0.1, 0.15) is 0 Å². The van der Waals surface area contributed by atoms with Gasteiger partial charge in [-0.2, -0.15) is 0 Å².